The Morgan fingerprint density at radius 2 is 2.14 bits per heavy atom. The number of nitrogens with zero attached hydrogens (tertiary/aromatic N) is 1. The largest absolute Gasteiger partial charge is 0.454 e. The molecule has 4 rings (SSSR count). The molecular weight excluding hydrogens is 270 g/mol. The summed E-state index contributed by atoms with van der Waals surface area (Å²) in [6.07, 6.45) is 1.12. The van der Waals surface area contributed by atoms with Crippen LogP contribution in [0.5, 0.6) is 11.5 Å². The van der Waals surface area contributed by atoms with Gasteiger partial charge in [-0.25, -0.2) is 0 Å². The van der Waals surface area contributed by atoms with E-state index in [1.807, 2.05) is 6.07 Å². The van der Waals surface area contributed by atoms with Crippen LogP contribution in [0.15, 0.2) is 18.2 Å². The van der Waals surface area contributed by atoms with Gasteiger partial charge in [0.2, 0.25) is 6.79 Å². The summed E-state index contributed by atoms with van der Waals surface area (Å²) in [6.45, 7) is 4.92. The van der Waals surface area contributed by atoms with Gasteiger partial charge in [0.15, 0.2) is 11.5 Å². The molecule has 1 spiro atoms. The van der Waals surface area contributed by atoms with E-state index in [1.54, 1.807) is 7.11 Å². The molecule has 0 unspecified atom stereocenters. The molecule has 1 aromatic carbocycles. The lowest BCUT2D eigenvalue weighted by atomic mass is 9.81. The Bertz CT molecular complexity index is 527. The van der Waals surface area contributed by atoms with E-state index in [9.17, 15) is 0 Å². The van der Waals surface area contributed by atoms with Crippen LogP contribution in [0.3, 0.4) is 0 Å². The van der Waals surface area contributed by atoms with Crippen LogP contribution in [0.1, 0.15) is 12.0 Å². The maximum absolute atomic E-state index is 6.02. The summed E-state index contributed by atoms with van der Waals surface area (Å²) in [4.78, 5) is 2.42. The first kappa shape index (κ1) is 13.4. The van der Waals surface area contributed by atoms with Gasteiger partial charge >= 0.3 is 0 Å². The molecule has 0 saturated carbocycles. The zero-order chi connectivity index (χ0) is 14.3. The van der Waals surface area contributed by atoms with Gasteiger partial charge in [0, 0.05) is 39.3 Å². The van der Waals surface area contributed by atoms with Crippen LogP contribution < -0.4 is 9.47 Å². The average Bonchev–Trinajstić information content (AvgIpc) is 3.05. The van der Waals surface area contributed by atoms with Gasteiger partial charge in [-0.15, -0.1) is 0 Å². The van der Waals surface area contributed by atoms with Gasteiger partial charge in [0.1, 0.15) is 0 Å². The van der Waals surface area contributed by atoms with Crippen LogP contribution in [0, 0.1) is 5.92 Å². The second-order valence-electron chi connectivity index (χ2n) is 6.19. The fourth-order valence-electron chi connectivity index (χ4n) is 3.69. The number of rotatable bonds is 4. The van der Waals surface area contributed by atoms with Gasteiger partial charge in [-0.3, -0.25) is 4.90 Å². The van der Waals surface area contributed by atoms with Gasteiger partial charge in [-0.2, -0.15) is 0 Å². The van der Waals surface area contributed by atoms with E-state index < -0.39 is 0 Å². The molecule has 3 aliphatic rings. The first-order valence-electron chi connectivity index (χ1n) is 7.53. The van der Waals surface area contributed by atoms with E-state index in [0.717, 1.165) is 50.8 Å². The van der Waals surface area contributed by atoms with Gasteiger partial charge in [-0.05, 0) is 24.1 Å². The average molecular weight is 291 g/mol. The third-order valence-corrected chi connectivity index (χ3v) is 4.79. The first-order valence-corrected chi connectivity index (χ1v) is 7.53. The first-order chi connectivity index (χ1) is 10.3. The molecule has 2 fully saturated rings. The summed E-state index contributed by atoms with van der Waals surface area (Å²) in [6, 6.07) is 6.18. The van der Waals surface area contributed by atoms with Crippen molar-refractivity contribution < 1.29 is 18.9 Å². The van der Waals surface area contributed by atoms with E-state index in [0.29, 0.717) is 12.7 Å². The zero-order valence-electron chi connectivity index (χ0n) is 12.3. The molecule has 1 aromatic rings. The minimum atomic E-state index is 0.0341. The molecule has 0 aliphatic carbocycles. The molecule has 3 heterocycles. The number of hydrogen-bond donors (Lipinski definition) is 0. The van der Waals surface area contributed by atoms with Crippen LogP contribution in [-0.2, 0) is 16.0 Å². The fourth-order valence-corrected chi connectivity index (χ4v) is 3.69. The summed E-state index contributed by atoms with van der Waals surface area (Å²) in [5.74, 6) is 2.24. The van der Waals surface area contributed by atoms with Gasteiger partial charge in [-0.1, -0.05) is 6.07 Å². The summed E-state index contributed by atoms with van der Waals surface area (Å²) in [5.41, 5.74) is 1.29. The zero-order valence-corrected chi connectivity index (χ0v) is 12.3. The maximum Gasteiger partial charge on any atom is 0.231 e. The minimum Gasteiger partial charge on any atom is -0.454 e. The molecule has 0 amide bonds. The maximum atomic E-state index is 6.02. The molecule has 3 aliphatic heterocycles. The highest BCUT2D eigenvalue weighted by Gasteiger charge is 2.52. The Kier molecular flexibility index (Phi) is 3.28. The molecule has 0 bridgehead atoms. The number of fused-ring (bicyclic) bond motifs is 1. The number of methoxy groups -OCH3 is 1. The van der Waals surface area contributed by atoms with Gasteiger partial charge in [0.25, 0.3) is 0 Å². The lowest BCUT2D eigenvalue weighted by Gasteiger charge is -2.50. The summed E-state index contributed by atoms with van der Waals surface area (Å²) in [7, 11) is 1.77. The highest BCUT2D eigenvalue weighted by molar-refractivity contribution is 5.44. The predicted molar refractivity (Wildman–Crippen MR) is 76.5 cm³/mol. The van der Waals surface area contributed by atoms with Gasteiger partial charge in [0.05, 0.1) is 12.2 Å². The molecule has 1 atom stereocenters. The summed E-state index contributed by atoms with van der Waals surface area (Å²) < 4.78 is 22.1. The second-order valence-corrected chi connectivity index (χ2v) is 6.19. The second kappa shape index (κ2) is 5.16. The van der Waals surface area contributed by atoms with Crippen molar-refractivity contribution in [1.29, 1.82) is 0 Å². The molecule has 5 nitrogen and oxygen atoms in total. The molecule has 21 heavy (non-hydrogen) atoms. The highest BCUT2D eigenvalue weighted by atomic mass is 16.7. The topological polar surface area (TPSA) is 40.2 Å². The molecule has 0 N–H and O–H groups in total. The lowest BCUT2D eigenvalue weighted by Crippen LogP contribution is -2.64. The Hall–Kier alpha value is -1.30. The van der Waals surface area contributed by atoms with Crippen LogP contribution in [0.2, 0.25) is 0 Å². The molecule has 114 valence electrons. The monoisotopic (exact) mass is 291 g/mol. The van der Waals surface area contributed by atoms with Crippen molar-refractivity contribution in [3.05, 3.63) is 23.8 Å². The standard InChI is InChI=1S/C16H21NO4/c1-18-8-13-4-5-21-16(13)9-17(10-16)7-12-2-3-14-15(6-12)20-11-19-14/h2-3,6,13H,4-5,7-11H2,1H3/t13-/m1/s1. The van der Waals surface area contributed by atoms with Crippen molar-refractivity contribution in [1.82, 2.24) is 4.90 Å². The Morgan fingerprint density at radius 1 is 1.29 bits per heavy atom. The van der Waals surface area contributed by atoms with E-state index in [4.69, 9.17) is 18.9 Å². The van der Waals surface area contributed by atoms with Crippen molar-refractivity contribution in [2.24, 2.45) is 5.92 Å². The quantitative estimate of drug-likeness (QED) is 0.843. The highest BCUT2D eigenvalue weighted by Crippen LogP contribution is 2.41. The molecule has 2 saturated heterocycles. The number of benzene rings is 1. The van der Waals surface area contributed by atoms with Crippen molar-refractivity contribution in [3.63, 3.8) is 0 Å². The van der Waals surface area contributed by atoms with Crippen LogP contribution in [0.25, 0.3) is 0 Å². The van der Waals surface area contributed by atoms with Crippen LogP contribution in [-0.4, -0.2) is 50.7 Å². The molecule has 0 aromatic heterocycles. The Balaban J connectivity index is 1.38. The van der Waals surface area contributed by atoms with E-state index >= 15 is 0 Å². The molecule has 5 heteroatoms. The predicted octanol–water partition coefficient (Wildman–Crippen LogP) is 1.65. The third-order valence-electron chi connectivity index (χ3n) is 4.79. The van der Waals surface area contributed by atoms with Crippen molar-refractivity contribution >= 4 is 0 Å². The number of ether oxygens (including phenoxy) is 4. The summed E-state index contributed by atoms with van der Waals surface area (Å²) >= 11 is 0. The van der Waals surface area contributed by atoms with Crippen LogP contribution >= 0.6 is 0 Å². The van der Waals surface area contributed by atoms with E-state index in [-0.39, 0.29) is 5.60 Å². The molecule has 0 radical (unpaired) electrons. The Labute approximate surface area is 124 Å². The number of likely N-dealkylation sites (tertiary alicyclic amines) is 1. The van der Waals surface area contributed by atoms with E-state index in [2.05, 4.69) is 17.0 Å². The SMILES string of the molecule is COC[C@H]1CCOC12CN(Cc1ccc3c(c1)OCO3)C2. The normalized spacial score (nSPS) is 26.2. The molecular formula is C16H21NO4. The Morgan fingerprint density at radius 3 is 3.00 bits per heavy atom. The van der Waals surface area contributed by atoms with Crippen molar-refractivity contribution in [2.45, 2.75) is 18.6 Å². The fraction of sp³-hybridized carbons (Fsp3) is 0.625. The van der Waals surface area contributed by atoms with Gasteiger partial charge < -0.3 is 18.9 Å². The minimum absolute atomic E-state index is 0.0341. The van der Waals surface area contributed by atoms with E-state index in [1.165, 1.54) is 5.56 Å². The third kappa shape index (κ3) is 2.29. The summed E-state index contributed by atoms with van der Waals surface area (Å²) in [5, 5.41) is 0. The van der Waals surface area contributed by atoms with Crippen molar-refractivity contribution in [3.8, 4) is 11.5 Å². The lowest BCUT2D eigenvalue weighted by molar-refractivity contribution is -0.143. The van der Waals surface area contributed by atoms with Crippen LogP contribution in [0.4, 0.5) is 0 Å². The van der Waals surface area contributed by atoms with Crippen molar-refractivity contribution in [2.75, 3.05) is 40.2 Å². The number of hydrogen-bond acceptors (Lipinski definition) is 5. The smallest absolute Gasteiger partial charge is 0.231 e.